The molecule has 0 saturated carbocycles. The summed E-state index contributed by atoms with van der Waals surface area (Å²) in [6.07, 6.45) is 2.26. The predicted molar refractivity (Wildman–Crippen MR) is 109 cm³/mol. The molecule has 1 N–H and O–H groups in total. The zero-order valence-electron chi connectivity index (χ0n) is 15.3. The van der Waals surface area contributed by atoms with Gasteiger partial charge in [-0.05, 0) is 51.2 Å². The van der Waals surface area contributed by atoms with Gasteiger partial charge in [-0.25, -0.2) is 0 Å². The van der Waals surface area contributed by atoms with Crippen LogP contribution in [0, 0.1) is 0 Å². The number of piperidine rings is 1. The highest BCUT2D eigenvalue weighted by Crippen LogP contribution is 2.28. The first-order chi connectivity index (χ1) is 12.5. The first kappa shape index (κ1) is 19.4. The van der Waals surface area contributed by atoms with Gasteiger partial charge in [0.15, 0.2) is 5.82 Å². The summed E-state index contributed by atoms with van der Waals surface area (Å²) in [5.41, 5.74) is 1.72. The number of rotatable bonds is 6. The van der Waals surface area contributed by atoms with E-state index >= 15 is 0 Å². The molecule has 0 atom stereocenters. The number of halogens is 2. The lowest BCUT2D eigenvalue weighted by Gasteiger charge is -2.33. The Hall–Kier alpha value is -1.40. The molecule has 1 aromatic carbocycles. The fraction of sp³-hybridized carbons (Fsp3) is 0.474. The van der Waals surface area contributed by atoms with Gasteiger partial charge in [0.05, 0.1) is 15.7 Å². The van der Waals surface area contributed by atoms with E-state index in [9.17, 15) is 0 Å². The van der Waals surface area contributed by atoms with Crippen LogP contribution in [0.1, 0.15) is 12.8 Å². The van der Waals surface area contributed by atoms with Crippen LogP contribution in [-0.2, 0) is 0 Å². The Morgan fingerprint density at radius 2 is 1.85 bits per heavy atom. The van der Waals surface area contributed by atoms with Crippen molar-refractivity contribution >= 4 is 29.0 Å². The van der Waals surface area contributed by atoms with Crippen LogP contribution < -0.4 is 10.2 Å². The van der Waals surface area contributed by atoms with Crippen LogP contribution >= 0.6 is 23.2 Å². The highest BCUT2D eigenvalue weighted by molar-refractivity contribution is 6.42. The Balaban J connectivity index is 1.55. The lowest BCUT2D eigenvalue weighted by atomic mass is 10.0. The van der Waals surface area contributed by atoms with E-state index in [1.807, 2.05) is 24.3 Å². The third-order valence-electron chi connectivity index (χ3n) is 4.68. The Kier molecular flexibility index (Phi) is 6.70. The summed E-state index contributed by atoms with van der Waals surface area (Å²) in [5.74, 6) is 0.931. The second kappa shape index (κ2) is 9.00. The van der Waals surface area contributed by atoms with Gasteiger partial charge in [-0.1, -0.05) is 29.3 Å². The molecule has 1 saturated heterocycles. The van der Waals surface area contributed by atoms with Crippen molar-refractivity contribution in [3.8, 4) is 11.3 Å². The van der Waals surface area contributed by atoms with E-state index in [0.717, 1.165) is 56.1 Å². The van der Waals surface area contributed by atoms with Crippen molar-refractivity contribution in [1.29, 1.82) is 0 Å². The molecule has 0 spiro atoms. The third-order valence-corrected chi connectivity index (χ3v) is 5.42. The highest BCUT2D eigenvalue weighted by Gasteiger charge is 2.20. The van der Waals surface area contributed by atoms with Crippen LogP contribution in [-0.4, -0.2) is 61.4 Å². The van der Waals surface area contributed by atoms with Crippen molar-refractivity contribution in [1.82, 2.24) is 20.4 Å². The number of nitrogens with one attached hydrogen (secondary N) is 1. The van der Waals surface area contributed by atoms with Crippen molar-refractivity contribution in [2.24, 2.45) is 0 Å². The monoisotopic (exact) mass is 393 g/mol. The molecule has 0 bridgehead atoms. The van der Waals surface area contributed by atoms with Gasteiger partial charge in [0.2, 0.25) is 0 Å². The summed E-state index contributed by atoms with van der Waals surface area (Å²) in [6.45, 7) is 4.11. The predicted octanol–water partition coefficient (Wildman–Crippen LogP) is 3.57. The van der Waals surface area contributed by atoms with Gasteiger partial charge in [0, 0.05) is 37.8 Å². The first-order valence-corrected chi connectivity index (χ1v) is 9.71. The van der Waals surface area contributed by atoms with Crippen molar-refractivity contribution < 1.29 is 0 Å². The van der Waals surface area contributed by atoms with Crippen LogP contribution in [0.4, 0.5) is 5.82 Å². The Labute approximate surface area is 165 Å². The molecule has 3 rings (SSSR count). The number of benzene rings is 1. The smallest absolute Gasteiger partial charge is 0.151 e. The summed E-state index contributed by atoms with van der Waals surface area (Å²) in [6, 6.07) is 10.1. The molecule has 140 valence electrons. The maximum atomic E-state index is 6.09. The minimum Gasteiger partial charge on any atom is -0.355 e. The second-order valence-corrected chi connectivity index (χ2v) is 7.74. The number of likely N-dealkylation sites (N-methyl/N-ethyl adjacent to an activating group) is 1. The summed E-state index contributed by atoms with van der Waals surface area (Å²) < 4.78 is 0. The normalized spacial score (nSPS) is 15.7. The lowest BCUT2D eigenvalue weighted by molar-refractivity contribution is 0.358. The van der Waals surface area contributed by atoms with Crippen LogP contribution in [0.2, 0.25) is 10.0 Å². The Bertz CT molecular complexity index is 712. The molecule has 26 heavy (non-hydrogen) atoms. The zero-order valence-corrected chi connectivity index (χ0v) is 16.8. The van der Waals surface area contributed by atoms with Gasteiger partial charge in [-0.2, -0.15) is 0 Å². The number of anilines is 1. The summed E-state index contributed by atoms with van der Waals surface area (Å²) in [5, 5.41) is 13.5. The molecule has 1 aliphatic rings. The van der Waals surface area contributed by atoms with E-state index in [-0.39, 0.29) is 0 Å². The number of hydrogen-bond donors (Lipinski definition) is 1. The standard InChI is InChI=1S/C19H25Cl2N5/c1-25(2)12-9-22-15-7-10-26(11-8-15)19-6-5-18(23-24-19)14-3-4-16(20)17(21)13-14/h3-6,13,15,22H,7-12H2,1-2H3. The molecule has 1 aromatic heterocycles. The first-order valence-electron chi connectivity index (χ1n) is 8.95. The maximum Gasteiger partial charge on any atom is 0.151 e. The molecule has 1 fully saturated rings. The number of aromatic nitrogens is 2. The molecule has 5 nitrogen and oxygen atoms in total. The van der Waals surface area contributed by atoms with Crippen LogP contribution in [0.15, 0.2) is 30.3 Å². The quantitative estimate of drug-likeness (QED) is 0.812. The molecule has 2 aromatic rings. The number of nitrogens with zero attached hydrogens (tertiary/aromatic N) is 4. The van der Waals surface area contributed by atoms with Crippen molar-refractivity contribution in [3.05, 3.63) is 40.4 Å². The van der Waals surface area contributed by atoms with Crippen LogP contribution in [0.5, 0.6) is 0 Å². The fourth-order valence-electron chi connectivity index (χ4n) is 3.11. The van der Waals surface area contributed by atoms with Gasteiger partial charge in [-0.3, -0.25) is 0 Å². The molecule has 2 heterocycles. The van der Waals surface area contributed by atoms with E-state index in [1.165, 1.54) is 0 Å². The molecule has 0 radical (unpaired) electrons. The maximum absolute atomic E-state index is 6.09. The van der Waals surface area contributed by atoms with Gasteiger partial charge in [0.25, 0.3) is 0 Å². The lowest BCUT2D eigenvalue weighted by Crippen LogP contribution is -2.44. The van der Waals surface area contributed by atoms with Crippen LogP contribution in [0.3, 0.4) is 0 Å². The third kappa shape index (κ3) is 5.07. The zero-order chi connectivity index (χ0) is 18.5. The molecule has 0 unspecified atom stereocenters. The molecule has 7 heteroatoms. The van der Waals surface area contributed by atoms with Crippen molar-refractivity contribution in [2.75, 3.05) is 45.2 Å². The SMILES string of the molecule is CN(C)CCNC1CCN(c2ccc(-c3ccc(Cl)c(Cl)c3)nn2)CC1. The highest BCUT2D eigenvalue weighted by atomic mass is 35.5. The van der Waals surface area contributed by atoms with E-state index in [0.29, 0.717) is 16.1 Å². The number of hydrogen-bond acceptors (Lipinski definition) is 5. The van der Waals surface area contributed by atoms with Gasteiger partial charge in [0.1, 0.15) is 0 Å². The summed E-state index contributed by atoms with van der Waals surface area (Å²) in [4.78, 5) is 4.50. The van der Waals surface area contributed by atoms with Crippen LogP contribution in [0.25, 0.3) is 11.3 Å². The van der Waals surface area contributed by atoms with E-state index < -0.39 is 0 Å². The van der Waals surface area contributed by atoms with Crippen molar-refractivity contribution in [3.63, 3.8) is 0 Å². The minimum absolute atomic E-state index is 0.527. The van der Waals surface area contributed by atoms with Gasteiger partial charge in [-0.15, -0.1) is 10.2 Å². The van der Waals surface area contributed by atoms with E-state index in [4.69, 9.17) is 23.2 Å². The van der Waals surface area contributed by atoms with E-state index in [1.54, 1.807) is 6.07 Å². The molecule has 0 amide bonds. The Morgan fingerprint density at radius 1 is 1.08 bits per heavy atom. The summed E-state index contributed by atoms with van der Waals surface area (Å²) >= 11 is 12.1. The molecule has 1 aliphatic heterocycles. The van der Waals surface area contributed by atoms with Gasteiger partial charge >= 0.3 is 0 Å². The second-order valence-electron chi connectivity index (χ2n) is 6.92. The fourth-order valence-corrected chi connectivity index (χ4v) is 3.41. The molecular weight excluding hydrogens is 369 g/mol. The minimum atomic E-state index is 0.527. The average Bonchev–Trinajstić information content (AvgIpc) is 2.64. The van der Waals surface area contributed by atoms with E-state index in [2.05, 4.69) is 39.4 Å². The molecule has 0 aliphatic carbocycles. The Morgan fingerprint density at radius 3 is 2.46 bits per heavy atom. The summed E-state index contributed by atoms with van der Waals surface area (Å²) in [7, 11) is 4.20. The topological polar surface area (TPSA) is 44.3 Å². The molecular formula is C19H25Cl2N5. The van der Waals surface area contributed by atoms with Gasteiger partial charge < -0.3 is 15.1 Å². The largest absolute Gasteiger partial charge is 0.355 e. The average molecular weight is 394 g/mol. The van der Waals surface area contributed by atoms with Crippen molar-refractivity contribution in [2.45, 2.75) is 18.9 Å².